The third-order valence-electron chi connectivity index (χ3n) is 6.27. The molecule has 0 aliphatic carbocycles. The summed E-state index contributed by atoms with van der Waals surface area (Å²) in [7, 11) is 1.34. The van der Waals surface area contributed by atoms with Crippen LogP contribution in [0, 0.1) is 0 Å². The van der Waals surface area contributed by atoms with E-state index < -0.39 is 23.9 Å². The lowest BCUT2D eigenvalue weighted by atomic mass is 10.0. The second kappa shape index (κ2) is 17.4. The first-order chi connectivity index (χ1) is 18.7. The summed E-state index contributed by atoms with van der Waals surface area (Å²) in [6.07, 6.45) is 0.349. The van der Waals surface area contributed by atoms with E-state index in [4.69, 9.17) is 10.8 Å². The van der Waals surface area contributed by atoms with E-state index in [0.717, 1.165) is 11.1 Å². The van der Waals surface area contributed by atoms with E-state index >= 15 is 0 Å². The van der Waals surface area contributed by atoms with Crippen molar-refractivity contribution in [2.24, 2.45) is 5.73 Å². The van der Waals surface area contributed by atoms with E-state index in [1.165, 1.54) is 7.11 Å². The molecule has 0 spiro atoms. The van der Waals surface area contributed by atoms with E-state index in [1.54, 1.807) is 9.80 Å². The summed E-state index contributed by atoms with van der Waals surface area (Å²) < 4.78 is 0. The van der Waals surface area contributed by atoms with Crippen LogP contribution in [-0.2, 0) is 37.0 Å². The highest BCUT2D eigenvalue weighted by Crippen LogP contribution is 2.07. The van der Waals surface area contributed by atoms with Crippen molar-refractivity contribution in [3.63, 3.8) is 0 Å². The molecule has 0 unspecified atom stereocenters. The number of carboxylic acids is 2. The molecule has 218 valence electrons. The first-order valence-electron chi connectivity index (χ1n) is 12.9. The topological polar surface area (TPSA) is 190 Å². The Morgan fingerprint density at radius 2 is 1.36 bits per heavy atom. The summed E-state index contributed by atoms with van der Waals surface area (Å²) in [6, 6.07) is 6.72. The first-order valence-corrected chi connectivity index (χ1v) is 12.9. The van der Waals surface area contributed by atoms with Crippen molar-refractivity contribution in [2.75, 3.05) is 79.1 Å². The number of hydrogen-bond acceptors (Lipinski definition) is 10. The van der Waals surface area contributed by atoms with Crippen LogP contribution < -0.4 is 21.8 Å². The lowest BCUT2D eigenvalue weighted by Crippen LogP contribution is -2.48. The van der Waals surface area contributed by atoms with Crippen molar-refractivity contribution >= 4 is 23.8 Å². The highest BCUT2D eigenvalue weighted by molar-refractivity contribution is 5.80. The second-order valence-electron chi connectivity index (χ2n) is 9.44. The van der Waals surface area contributed by atoms with Crippen LogP contribution in [0.4, 0.5) is 0 Å². The lowest BCUT2D eigenvalue weighted by molar-refractivity contribution is -0.140. The van der Waals surface area contributed by atoms with E-state index in [9.17, 15) is 24.3 Å². The molecular formula is C25H41N7O7. The molecule has 1 aromatic carbocycles. The average molecular weight is 552 g/mol. The summed E-state index contributed by atoms with van der Waals surface area (Å²) in [5, 5.41) is 24.6. The summed E-state index contributed by atoms with van der Waals surface area (Å²) in [4.78, 5) is 57.0. The third-order valence-corrected chi connectivity index (χ3v) is 6.27. The van der Waals surface area contributed by atoms with Crippen molar-refractivity contribution in [3.8, 4) is 0 Å². The number of carboxylic acid groups (broad SMARTS) is 2. The quantitative estimate of drug-likeness (QED) is 0.150. The van der Waals surface area contributed by atoms with Crippen LogP contribution >= 0.6 is 0 Å². The summed E-state index contributed by atoms with van der Waals surface area (Å²) in [5.41, 5.74) is 9.85. The number of nitrogens with one attached hydrogen (secondary N) is 3. The fourth-order valence-electron chi connectivity index (χ4n) is 4.13. The van der Waals surface area contributed by atoms with Crippen molar-refractivity contribution in [3.05, 3.63) is 35.4 Å². The van der Waals surface area contributed by atoms with Gasteiger partial charge in [0, 0.05) is 58.9 Å². The SMILES string of the molecule is CONC(=O)[C@H](N)Cc1ccc(CNC(=O)CN2CCNCCN(CC(=O)O)CCN(CC(=O)O)CC2)cc1. The Balaban J connectivity index is 1.87. The van der Waals surface area contributed by atoms with Gasteiger partial charge in [0.1, 0.15) is 0 Å². The molecule has 1 heterocycles. The normalized spacial score (nSPS) is 17.4. The molecule has 14 heteroatoms. The van der Waals surface area contributed by atoms with Crippen molar-refractivity contribution in [2.45, 2.75) is 19.0 Å². The van der Waals surface area contributed by atoms with Crippen LogP contribution in [0.15, 0.2) is 24.3 Å². The second-order valence-corrected chi connectivity index (χ2v) is 9.44. The summed E-state index contributed by atoms with van der Waals surface area (Å²) >= 11 is 0. The number of amides is 2. The van der Waals surface area contributed by atoms with E-state index in [2.05, 4.69) is 21.0 Å². The number of aliphatic carboxylic acids is 2. The Morgan fingerprint density at radius 3 is 1.87 bits per heavy atom. The number of carbonyl (C=O) groups is 4. The highest BCUT2D eigenvalue weighted by Gasteiger charge is 2.18. The van der Waals surface area contributed by atoms with Gasteiger partial charge in [-0.25, -0.2) is 5.48 Å². The Morgan fingerprint density at radius 1 is 0.872 bits per heavy atom. The Hall–Kier alpha value is -3.14. The predicted molar refractivity (Wildman–Crippen MR) is 143 cm³/mol. The molecule has 1 fully saturated rings. The summed E-state index contributed by atoms with van der Waals surface area (Å²) in [6.45, 7) is 4.33. The molecule has 7 N–H and O–H groups in total. The number of hydroxylamine groups is 1. The number of carbonyl (C=O) groups excluding carboxylic acids is 2. The third kappa shape index (κ3) is 13.5. The number of nitrogens with zero attached hydrogens (tertiary/aromatic N) is 3. The molecule has 39 heavy (non-hydrogen) atoms. The molecule has 1 aliphatic heterocycles. The van der Waals surface area contributed by atoms with Gasteiger partial charge in [0.2, 0.25) is 5.91 Å². The Labute approximate surface area is 228 Å². The van der Waals surface area contributed by atoms with E-state index in [0.29, 0.717) is 65.3 Å². The predicted octanol–water partition coefficient (Wildman–Crippen LogP) is -2.47. The fourth-order valence-corrected chi connectivity index (χ4v) is 4.13. The molecule has 14 nitrogen and oxygen atoms in total. The number of nitrogens with two attached hydrogens (primary N) is 1. The van der Waals surface area contributed by atoms with Crippen LogP contribution in [0.2, 0.25) is 0 Å². The molecule has 2 amide bonds. The van der Waals surface area contributed by atoms with Crippen molar-refractivity contribution < 1.29 is 34.2 Å². The Bertz CT molecular complexity index is 932. The maximum Gasteiger partial charge on any atom is 0.317 e. The molecule has 0 aromatic heterocycles. The maximum atomic E-state index is 12.7. The maximum absolute atomic E-state index is 12.7. The van der Waals surface area contributed by atoms with Crippen LogP contribution in [-0.4, -0.2) is 134 Å². The number of rotatable bonds is 12. The lowest BCUT2D eigenvalue weighted by Gasteiger charge is -2.30. The van der Waals surface area contributed by atoms with Gasteiger partial charge in [-0.3, -0.25) is 38.7 Å². The zero-order chi connectivity index (χ0) is 28.6. The molecule has 0 bridgehead atoms. The zero-order valence-corrected chi connectivity index (χ0v) is 22.4. The van der Waals surface area contributed by atoms with Gasteiger partial charge in [-0.15, -0.1) is 0 Å². The molecule has 1 aromatic rings. The first kappa shape index (κ1) is 32.1. The summed E-state index contributed by atoms with van der Waals surface area (Å²) in [5.74, 6) is -2.43. The van der Waals surface area contributed by atoms with Crippen molar-refractivity contribution in [1.29, 1.82) is 0 Å². The molecule has 0 radical (unpaired) electrons. The highest BCUT2D eigenvalue weighted by atomic mass is 16.6. The van der Waals surface area contributed by atoms with Gasteiger partial charge in [-0.05, 0) is 17.5 Å². The van der Waals surface area contributed by atoms with Crippen molar-refractivity contribution in [1.82, 2.24) is 30.8 Å². The van der Waals surface area contributed by atoms with Gasteiger partial charge in [-0.1, -0.05) is 24.3 Å². The van der Waals surface area contributed by atoms with Crippen LogP contribution in [0.5, 0.6) is 0 Å². The fraction of sp³-hybridized carbons (Fsp3) is 0.600. The smallest absolute Gasteiger partial charge is 0.317 e. The van der Waals surface area contributed by atoms with Crippen LogP contribution in [0.25, 0.3) is 0 Å². The zero-order valence-electron chi connectivity index (χ0n) is 22.4. The molecule has 1 saturated heterocycles. The monoisotopic (exact) mass is 551 g/mol. The largest absolute Gasteiger partial charge is 0.480 e. The molecule has 0 saturated carbocycles. The minimum absolute atomic E-state index is 0.101. The minimum Gasteiger partial charge on any atom is -0.480 e. The average Bonchev–Trinajstić information content (AvgIpc) is 2.87. The standard InChI is InChI=1S/C25H41N7O7/c1-39-29-25(38)21(26)14-19-2-4-20(5-3-19)15-28-22(33)16-30-8-6-27-7-9-31(17-23(34)35)11-13-32(12-10-30)18-24(36)37/h2-5,21,27H,6-18,26H2,1H3,(H,28,33)(H,29,38)(H,34,35)(H,36,37)/t21-/m1/s1. The molecule has 1 aliphatic rings. The van der Waals surface area contributed by atoms with E-state index in [1.807, 2.05) is 29.2 Å². The molecule has 2 rings (SSSR count). The van der Waals surface area contributed by atoms with Gasteiger partial charge >= 0.3 is 11.9 Å². The van der Waals surface area contributed by atoms with Crippen LogP contribution in [0.3, 0.4) is 0 Å². The van der Waals surface area contributed by atoms with Gasteiger partial charge in [0.15, 0.2) is 0 Å². The molecular weight excluding hydrogens is 510 g/mol. The van der Waals surface area contributed by atoms with Gasteiger partial charge in [-0.2, -0.15) is 0 Å². The van der Waals surface area contributed by atoms with Gasteiger partial charge in [0.25, 0.3) is 5.91 Å². The molecule has 1 atom stereocenters. The van der Waals surface area contributed by atoms with E-state index in [-0.39, 0.29) is 25.5 Å². The minimum atomic E-state index is -0.955. The van der Waals surface area contributed by atoms with Gasteiger partial charge in [0.05, 0.1) is 32.8 Å². The van der Waals surface area contributed by atoms with Crippen LogP contribution in [0.1, 0.15) is 11.1 Å². The van der Waals surface area contributed by atoms with Gasteiger partial charge < -0.3 is 26.6 Å². The number of benzene rings is 1. The Kier molecular flexibility index (Phi) is 14.3. The number of hydrogen-bond donors (Lipinski definition) is 6.